The lowest BCUT2D eigenvalue weighted by Crippen LogP contribution is -2.16. The largest absolute Gasteiger partial charge is 0.326 e. The highest BCUT2D eigenvalue weighted by atomic mass is 35.5. The molecule has 2 rings (SSSR count). The van der Waals surface area contributed by atoms with Gasteiger partial charge in [0.05, 0.1) is 10.6 Å². The molecule has 1 aromatic carbocycles. The number of sulfonamides is 1. The normalized spacial score (nSPS) is 11.1. The average molecular weight is 330 g/mol. The summed E-state index contributed by atoms with van der Waals surface area (Å²) >= 11 is 5.56. The first-order valence-electron chi connectivity index (χ1n) is 5.45. The lowest BCUT2D eigenvalue weighted by Gasteiger charge is -2.07. The molecule has 0 saturated carbocycles. The number of rotatable bonds is 4. The van der Waals surface area contributed by atoms with Crippen molar-refractivity contribution in [2.45, 2.75) is 4.90 Å². The van der Waals surface area contributed by atoms with Gasteiger partial charge in [0.1, 0.15) is 9.92 Å². The summed E-state index contributed by atoms with van der Waals surface area (Å²) in [4.78, 5) is 23.0. The first-order valence-corrected chi connectivity index (χ1v) is 7.31. The molecule has 0 aliphatic rings. The molecule has 0 amide bonds. The van der Waals surface area contributed by atoms with Crippen LogP contribution in [0.2, 0.25) is 5.02 Å². The molecular formula is C11H8ClN3O5S. The molecule has 0 spiro atoms. The number of non-ortho nitro benzene ring substituents is 1. The minimum Gasteiger partial charge on any atom is -0.326 e. The molecule has 0 atom stereocenters. The van der Waals surface area contributed by atoms with Gasteiger partial charge in [-0.15, -0.1) is 0 Å². The summed E-state index contributed by atoms with van der Waals surface area (Å²) in [7, 11) is -4.02. The van der Waals surface area contributed by atoms with E-state index in [1.165, 1.54) is 18.2 Å². The van der Waals surface area contributed by atoms with E-state index in [0.717, 1.165) is 18.3 Å². The highest BCUT2D eigenvalue weighted by Gasteiger charge is 2.17. The summed E-state index contributed by atoms with van der Waals surface area (Å²) in [6.45, 7) is 0. The Morgan fingerprint density at radius 3 is 2.62 bits per heavy atom. The molecule has 0 radical (unpaired) electrons. The van der Waals surface area contributed by atoms with Gasteiger partial charge in [-0.05, 0) is 12.1 Å². The Hall–Kier alpha value is -2.39. The number of benzene rings is 1. The lowest BCUT2D eigenvalue weighted by molar-refractivity contribution is -0.384. The minimum absolute atomic E-state index is 0.0199. The fourth-order valence-electron chi connectivity index (χ4n) is 1.49. The van der Waals surface area contributed by atoms with Gasteiger partial charge in [-0.25, -0.2) is 8.42 Å². The summed E-state index contributed by atoms with van der Waals surface area (Å²) < 4.78 is 26.3. The Kier molecular flexibility index (Phi) is 3.96. The SMILES string of the molecule is O=c1[nH]cc(S(=O)(=O)Nc2cccc([N+](=O)[O-])c2)cc1Cl. The third-order valence-corrected chi connectivity index (χ3v) is 4.09. The second kappa shape index (κ2) is 5.54. The van der Waals surface area contributed by atoms with Gasteiger partial charge in [0.2, 0.25) is 0 Å². The predicted octanol–water partition coefficient (Wildman–Crippen LogP) is 1.74. The molecule has 0 fully saturated rings. The Labute approximate surface area is 123 Å². The van der Waals surface area contributed by atoms with Crippen LogP contribution in [0.25, 0.3) is 0 Å². The van der Waals surface area contributed by atoms with Crippen molar-refractivity contribution in [1.82, 2.24) is 4.98 Å². The van der Waals surface area contributed by atoms with E-state index < -0.39 is 20.5 Å². The molecule has 0 unspecified atom stereocenters. The van der Waals surface area contributed by atoms with E-state index in [9.17, 15) is 23.3 Å². The summed E-state index contributed by atoms with van der Waals surface area (Å²) in [6.07, 6.45) is 0.980. The number of nitrogens with one attached hydrogen (secondary N) is 2. The maximum atomic E-state index is 12.1. The van der Waals surface area contributed by atoms with E-state index in [0.29, 0.717) is 0 Å². The molecule has 10 heteroatoms. The molecule has 2 aromatic rings. The van der Waals surface area contributed by atoms with E-state index in [4.69, 9.17) is 11.6 Å². The third kappa shape index (κ3) is 3.38. The maximum Gasteiger partial charge on any atom is 0.271 e. The molecule has 1 aromatic heterocycles. The van der Waals surface area contributed by atoms with E-state index in [1.54, 1.807) is 0 Å². The standard InChI is InChI=1S/C11H8ClN3O5S/c12-10-5-9(6-13-11(10)16)21(19,20)14-7-2-1-3-8(4-7)15(17)18/h1-6,14H,(H,13,16). The first kappa shape index (κ1) is 15.0. The van der Waals surface area contributed by atoms with Crippen LogP contribution in [0.5, 0.6) is 0 Å². The highest BCUT2D eigenvalue weighted by molar-refractivity contribution is 7.92. The Morgan fingerprint density at radius 2 is 2.00 bits per heavy atom. The number of halogens is 1. The van der Waals surface area contributed by atoms with Gasteiger partial charge in [0.25, 0.3) is 21.3 Å². The fraction of sp³-hybridized carbons (Fsp3) is 0. The van der Waals surface area contributed by atoms with Crippen LogP contribution in [-0.4, -0.2) is 18.3 Å². The molecule has 0 saturated heterocycles. The monoisotopic (exact) mass is 329 g/mol. The van der Waals surface area contributed by atoms with E-state index in [2.05, 4.69) is 9.71 Å². The van der Waals surface area contributed by atoms with Crippen molar-refractivity contribution in [3.63, 3.8) is 0 Å². The zero-order valence-electron chi connectivity index (χ0n) is 10.2. The second-order valence-corrected chi connectivity index (χ2v) is 6.01. The molecule has 2 N–H and O–H groups in total. The first-order chi connectivity index (χ1) is 9.79. The van der Waals surface area contributed by atoms with Crippen LogP contribution >= 0.6 is 11.6 Å². The number of aromatic nitrogens is 1. The Bertz CT molecular complexity index is 862. The second-order valence-electron chi connectivity index (χ2n) is 3.93. The smallest absolute Gasteiger partial charge is 0.271 e. The number of hydrogen-bond acceptors (Lipinski definition) is 5. The number of anilines is 1. The zero-order chi connectivity index (χ0) is 15.6. The van der Waals surface area contributed by atoms with Gasteiger partial charge >= 0.3 is 0 Å². The van der Waals surface area contributed by atoms with Gasteiger partial charge in [-0.2, -0.15) is 0 Å². The summed E-state index contributed by atoms with van der Waals surface area (Å²) in [5.41, 5.74) is -0.854. The number of hydrogen-bond donors (Lipinski definition) is 2. The molecule has 0 aliphatic heterocycles. The molecule has 0 aliphatic carbocycles. The van der Waals surface area contributed by atoms with E-state index in [-0.39, 0.29) is 21.3 Å². The van der Waals surface area contributed by atoms with Crippen molar-refractivity contribution in [2.75, 3.05) is 4.72 Å². The lowest BCUT2D eigenvalue weighted by atomic mass is 10.3. The number of nitrogens with zero attached hydrogens (tertiary/aromatic N) is 1. The van der Waals surface area contributed by atoms with Gasteiger partial charge in [-0.1, -0.05) is 17.7 Å². The molecule has 21 heavy (non-hydrogen) atoms. The Morgan fingerprint density at radius 1 is 1.29 bits per heavy atom. The van der Waals surface area contributed by atoms with Crippen LogP contribution < -0.4 is 10.3 Å². The predicted molar refractivity (Wildman–Crippen MR) is 76.0 cm³/mol. The third-order valence-electron chi connectivity index (χ3n) is 2.45. The van der Waals surface area contributed by atoms with Crippen LogP contribution in [0.1, 0.15) is 0 Å². The van der Waals surface area contributed by atoms with Crippen molar-refractivity contribution in [3.05, 3.63) is 62.0 Å². The number of pyridine rings is 1. The minimum atomic E-state index is -4.02. The fourth-order valence-corrected chi connectivity index (χ4v) is 2.77. The quantitative estimate of drug-likeness (QED) is 0.653. The van der Waals surface area contributed by atoms with Crippen molar-refractivity contribution >= 4 is 33.0 Å². The highest BCUT2D eigenvalue weighted by Crippen LogP contribution is 2.20. The molecule has 0 bridgehead atoms. The van der Waals surface area contributed by atoms with Crippen molar-refractivity contribution in [3.8, 4) is 0 Å². The van der Waals surface area contributed by atoms with Gasteiger partial charge < -0.3 is 4.98 Å². The zero-order valence-corrected chi connectivity index (χ0v) is 11.8. The number of H-pyrrole nitrogens is 1. The van der Waals surface area contributed by atoms with Crippen LogP contribution in [0, 0.1) is 10.1 Å². The molecule has 8 nitrogen and oxygen atoms in total. The van der Waals surface area contributed by atoms with Gasteiger partial charge in [0, 0.05) is 18.3 Å². The van der Waals surface area contributed by atoms with Gasteiger partial charge in [-0.3, -0.25) is 19.6 Å². The topological polar surface area (TPSA) is 122 Å². The van der Waals surface area contributed by atoms with Crippen LogP contribution in [0.15, 0.2) is 46.2 Å². The van der Waals surface area contributed by atoms with Crippen LogP contribution in [-0.2, 0) is 10.0 Å². The number of nitro groups is 1. The summed E-state index contributed by atoms with van der Waals surface area (Å²) in [6, 6.07) is 5.99. The van der Waals surface area contributed by atoms with Gasteiger partial charge in [0.15, 0.2) is 0 Å². The van der Waals surface area contributed by atoms with Crippen molar-refractivity contribution in [1.29, 1.82) is 0 Å². The Balaban J connectivity index is 2.37. The summed E-state index contributed by atoms with van der Waals surface area (Å²) in [5.74, 6) is 0. The van der Waals surface area contributed by atoms with E-state index in [1.807, 2.05) is 0 Å². The molecular weight excluding hydrogens is 322 g/mol. The van der Waals surface area contributed by atoms with Crippen LogP contribution in [0.3, 0.4) is 0 Å². The maximum absolute atomic E-state index is 12.1. The molecule has 110 valence electrons. The average Bonchev–Trinajstić information content (AvgIpc) is 2.41. The van der Waals surface area contributed by atoms with Crippen molar-refractivity contribution < 1.29 is 13.3 Å². The number of nitro benzene ring substituents is 1. The van der Waals surface area contributed by atoms with E-state index >= 15 is 0 Å². The number of aromatic amines is 1. The van der Waals surface area contributed by atoms with Crippen LogP contribution in [0.4, 0.5) is 11.4 Å². The summed E-state index contributed by atoms with van der Waals surface area (Å²) in [5, 5.41) is 10.4. The van der Waals surface area contributed by atoms with Crippen molar-refractivity contribution in [2.24, 2.45) is 0 Å². The molecule has 1 heterocycles.